The van der Waals surface area contributed by atoms with Gasteiger partial charge in [-0.15, -0.1) is 0 Å². The van der Waals surface area contributed by atoms with E-state index in [0.717, 1.165) is 16.8 Å². The highest BCUT2D eigenvalue weighted by atomic mass is 19.3. The Morgan fingerprint density at radius 1 is 1.50 bits per heavy atom. The number of nitrogens with zero attached hydrogens (tertiary/aromatic N) is 3. The molecule has 0 fully saturated rings. The van der Waals surface area contributed by atoms with Gasteiger partial charge < -0.3 is 14.9 Å². The molecule has 0 saturated heterocycles. The first kappa shape index (κ1) is 15.5. The van der Waals surface area contributed by atoms with E-state index in [1.165, 1.54) is 25.1 Å². The summed E-state index contributed by atoms with van der Waals surface area (Å²) in [4.78, 5) is 26.2. The number of alkyl halides is 2. The lowest BCUT2D eigenvalue weighted by Crippen LogP contribution is -2.14. The van der Waals surface area contributed by atoms with Crippen LogP contribution in [0.4, 0.5) is 14.6 Å². The fraction of sp³-hybridized carbons (Fsp3) is 0.231. The summed E-state index contributed by atoms with van der Waals surface area (Å²) in [6.07, 6.45) is 1.05. The van der Waals surface area contributed by atoms with Crippen molar-refractivity contribution in [2.24, 2.45) is 0 Å². The number of halogens is 2. The molecule has 2 aromatic rings. The van der Waals surface area contributed by atoms with Crippen LogP contribution in [0.2, 0.25) is 0 Å². The molecule has 7 nitrogen and oxygen atoms in total. The van der Waals surface area contributed by atoms with E-state index in [2.05, 4.69) is 9.72 Å². The Kier molecular flexibility index (Phi) is 4.44. The van der Waals surface area contributed by atoms with Crippen LogP contribution in [0.3, 0.4) is 0 Å². The van der Waals surface area contributed by atoms with Gasteiger partial charge >= 0.3 is 12.4 Å². The second-order valence-corrected chi connectivity index (χ2v) is 4.34. The zero-order valence-corrected chi connectivity index (χ0v) is 11.4. The third-order valence-corrected chi connectivity index (χ3v) is 2.90. The number of ketones is 1. The number of imidazole rings is 1. The van der Waals surface area contributed by atoms with Crippen molar-refractivity contribution >= 4 is 11.6 Å². The number of aryl methyl sites for hydroxylation is 1. The summed E-state index contributed by atoms with van der Waals surface area (Å²) in [6.45, 7) is -1.79. The van der Waals surface area contributed by atoms with E-state index in [1.807, 2.05) is 0 Å². The minimum Gasteiger partial charge on any atom is -0.435 e. The molecular formula is C13H11F2N3O4. The van der Waals surface area contributed by atoms with Crippen molar-refractivity contribution in [1.82, 2.24) is 9.55 Å². The van der Waals surface area contributed by atoms with Crippen LogP contribution < -0.4 is 4.74 Å². The van der Waals surface area contributed by atoms with Gasteiger partial charge in [-0.05, 0) is 17.1 Å². The summed E-state index contributed by atoms with van der Waals surface area (Å²) in [5.41, 5.74) is 0.112. The Morgan fingerprint density at radius 3 is 2.86 bits per heavy atom. The molecule has 0 bridgehead atoms. The van der Waals surface area contributed by atoms with E-state index in [-0.39, 0.29) is 23.7 Å². The lowest BCUT2D eigenvalue weighted by molar-refractivity contribution is -0.392. The predicted octanol–water partition coefficient (Wildman–Crippen LogP) is 2.58. The van der Waals surface area contributed by atoms with Crippen molar-refractivity contribution < 1.29 is 23.2 Å². The molecule has 0 N–H and O–H groups in total. The maximum Gasteiger partial charge on any atom is 0.387 e. The standard InChI is InChI=1S/C13H11F2N3O4/c1-8-16-6-12(18(20)21)17(8)7-11(19)9-3-2-4-10(5-9)22-13(14)15/h2-6,13H,7H2,1H3. The van der Waals surface area contributed by atoms with Crippen molar-refractivity contribution in [2.75, 3.05) is 0 Å². The zero-order chi connectivity index (χ0) is 16.3. The molecular weight excluding hydrogens is 300 g/mol. The molecule has 0 unspecified atom stereocenters. The molecule has 9 heteroatoms. The Labute approximate surface area is 123 Å². The molecule has 0 amide bonds. The fourth-order valence-corrected chi connectivity index (χ4v) is 1.88. The van der Waals surface area contributed by atoms with E-state index in [4.69, 9.17) is 0 Å². The van der Waals surface area contributed by atoms with Crippen LogP contribution in [0.5, 0.6) is 5.75 Å². The lowest BCUT2D eigenvalue weighted by Gasteiger charge is -2.06. The summed E-state index contributed by atoms with van der Waals surface area (Å²) < 4.78 is 29.7. The largest absolute Gasteiger partial charge is 0.435 e. The van der Waals surface area contributed by atoms with Crippen LogP contribution in [0.1, 0.15) is 16.2 Å². The average Bonchev–Trinajstić information content (AvgIpc) is 2.80. The van der Waals surface area contributed by atoms with E-state index in [9.17, 15) is 23.7 Å². The van der Waals surface area contributed by atoms with Gasteiger partial charge in [0.25, 0.3) is 0 Å². The molecule has 1 heterocycles. The summed E-state index contributed by atoms with van der Waals surface area (Å²) >= 11 is 0. The number of benzene rings is 1. The number of carbonyl (C=O) groups is 1. The van der Waals surface area contributed by atoms with Crippen LogP contribution in [-0.2, 0) is 6.54 Å². The van der Waals surface area contributed by atoms with Gasteiger partial charge in [-0.1, -0.05) is 12.1 Å². The lowest BCUT2D eigenvalue weighted by atomic mass is 10.1. The van der Waals surface area contributed by atoms with Crippen molar-refractivity contribution in [3.05, 3.63) is 52.0 Å². The molecule has 0 radical (unpaired) electrons. The molecule has 0 aliphatic rings. The third-order valence-electron chi connectivity index (χ3n) is 2.90. The van der Waals surface area contributed by atoms with Crippen molar-refractivity contribution in [3.8, 4) is 5.75 Å². The normalized spacial score (nSPS) is 10.7. The van der Waals surface area contributed by atoms with Gasteiger partial charge in [-0.25, -0.2) is 9.55 Å². The number of hydrogen-bond donors (Lipinski definition) is 0. The van der Waals surface area contributed by atoms with Gasteiger partial charge in [-0.3, -0.25) is 4.79 Å². The van der Waals surface area contributed by atoms with Gasteiger partial charge in [0.15, 0.2) is 12.4 Å². The molecule has 116 valence electrons. The van der Waals surface area contributed by atoms with Gasteiger partial charge in [0.1, 0.15) is 11.9 Å². The van der Waals surface area contributed by atoms with Crippen molar-refractivity contribution in [3.63, 3.8) is 0 Å². The van der Waals surface area contributed by atoms with Crippen LogP contribution >= 0.6 is 0 Å². The maximum atomic E-state index is 12.2. The zero-order valence-electron chi connectivity index (χ0n) is 11.4. The molecule has 0 saturated carbocycles. The van der Waals surface area contributed by atoms with Gasteiger partial charge in [0.2, 0.25) is 5.78 Å². The Bertz CT molecular complexity index is 715. The molecule has 2 rings (SSSR count). The highest BCUT2D eigenvalue weighted by Gasteiger charge is 2.21. The Hall–Kier alpha value is -2.84. The van der Waals surface area contributed by atoms with E-state index < -0.39 is 17.3 Å². The number of Topliss-reactive ketones (excluding diaryl/α,β-unsaturated/α-hetero) is 1. The molecule has 0 aliphatic carbocycles. The molecule has 0 aliphatic heterocycles. The minimum atomic E-state index is -3.00. The maximum absolute atomic E-state index is 12.2. The number of ether oxygens (including phenoxy) is 1. The van der Waals surface area contributed by atoms with Crippen LogP contribution in [0.15, 0.2) is 30.5 Å². The first-order valence-electron chi connectivity index (χ1n) is 6.13. The number of carbonyl (C=O) groups excluding carboxylic acids is 1. The summed E-state index contributed by atoms with van der Waals surface area (Å²) in [7, 11) is 0. The summed E-state index contributed by atoms with van der Waals surface area (Å²) in [5.74, 6) is -0.646. The van der Waals surface area contributed by atoms with Crippen molar-refractivity contribution in [1.29, 1.82) is 0 Å². The second-order valence-electron chi connectivity index (χ2n) is 4.34. The molecule has 0 spiro atoms. The summed E-state index contributed by atoms with van der Waals surface area (Å²) in [6, 6.07) is 5.25. The number of nitro groups is 1. The monoisotopic (exact) mass is 311 g/mol. The smallest absolute Gasteiger partial charge is 0.387 e. The van der Waals surface area contributed by atoms with Crippen molar-refractivity contribution in [2.45, 2.75) is 20.1 Å². The number of aromatic nitrogens is 2. The van der Waals surface area contributed by atoms with Gasteiger partial charge in [0.05, 0.1) is 0 Å². The second kappa shape index (κ2) is 6.29. The Morgan fingerprint density at radius 2 is 2.23 bits per heavy atom. The molecule has 22 heavy (non-hydrogen) atoms. The summed E-state index contributed by atoms with van der Waals surface area (Å²) in [5, 5.41) is 10.9. The van der Waals surface area contributed by atoms with E-state index in [1.54, 1.807) is 0 Å². The first-order valence-corrected chi connectivity index (χ1v) is 6.13. The third kappa shape index (κ3) is 3.43. The quantitative estimate of drug-likeness (QED) is 0.465. The number of hydrogen-bond acceptors (Lipinski definition) is 5. The first-order chi connectivity index (χ1) is 10.4. The molecule has 1 aromatic carbocycles. The average molecular weight is 311 g/mol. The highest BCUT2D eigenvalue weighted by Crippen LogP contribution is 2.19. The van der Waals surface area contributed by atoms with E-state index in [0.29, 0.717) is 5.82 Å². The SMILES string of the molecule is Cc1ncc([N+](=O)[O-])n1CC(=O)c1cccc(OC(F)F)c1. The van der Waals surface area contributed by atoms with Crippen LogP contribution in [-0.4, -0.2) is 26.9 Å². The van der Waals surface area contributed by atoms with Gasteiger partial charge in [0, 0.05) is 12.5 Å². The highest BCUT2D eigenvalue weighted by molar-refractivity contribution is 5.96. The number of rotatable bonds is 6. The molecule has 0 atom stereocenters. The van der Waals surface area contributed by atoms with E-state index >= 15 is 0 Å². The van der Waals surface area contributed by atoms with Crippen LogP contribution in [0, 0.1) is 17.0 Å². The van der Waals surface area contributed by atoms with Crippen LogP contribution in [0.25, 0.3) is 0 Å². The minimum absolute atomic E-state index is 0.112. The molecule has 1 aromatic heterocycles. The topological polar surface area (TPSA) is 87.3 Å². The fourth-order valence-electron chi connectivity index (χ4n) is 1.88. The Balaban J connectivity index is 2.23. The van der Waals surface area contributed by atoms with Gasteiger partial charge in [-0.2, -0.15) is 8.78 Å². The predicted molar refractivity (Wildman–Crippen MR) is 71.0 cm³/mol.